The number of hydrogen-bond donors (Lipinski definition) is 1. The van der Waals surface area contributed by atoms with E-state index < -0.39 is 29.1 Å². The summed E-state index contributed by atoms with van der Waals surface area (Å²) < 4.78 is 40.4. The second kappa shape index (κ2) is 6.12. The highest BCUT2D eigenvalue weighted by atomic mass is 32.1. The minimum atomic E-state index is -4.98. The van der Waals surface area contributed by atoms with E-state index in [1.54, 1.807) is 18.3 Å². The molecule has 2 aromatic rings. The van der Waals surface area contributed by atoms with Crippen molar-refractivity contribution < 1.29 is 23.1 Å². The molecule has 0 saturated heterocycles. The van der Waals surface area contributed by atoms with Crippen molar-refractivity contribution in [3.8, 4) is 0 Å². The zero-order chi connectivity index (χ0) is 17.5. The van der Waals surface area contributed by atoms with Crippen LogP contribution in [0.25, 0.3) is 0 Å². The van der Waals surface area contributed by atoms with Gasteiger partial charge in [0, 0.05) is 29.0 Å². The van der Waals surface area contributed by atoms with Crippen LogP contribution in [0.4, 0.5) is 13.2 Å². The van der Waals surface area contributed by atoms with Gasteiger partial charge in [0.05, 0.1) is 6.42 Å². The van der Waals surface area contributed by atoms with Gasteiger partial charge in [0.15, 0.2) is 0 Å². The molecule has 0 saturated carbocycles. The highest BCUT2D eigenvalue weighted by Gasteiger charge is 2.58. The van der Waals surface area contributed by atoms with E-state index in [1.807, 2.05) is 11.4 Å². The Morgan fingerprint density at radius 3 is 2.79 bits per heavy atom. The lowest BCUT2D eigenvalue weighted by Gasteiger charge is -2.32. The molecule has 3 heterocycles. The molecule has 0 fully saturated rings. The highest BCUT2D eigenvalue weighted by molar-refractivity contribution is 7.10. The number of rotatable bonds is 3. The van der Waals surface area contributed by atoms with Gasteiger partial charge in [0.1, 0.15) is 5.01 Å². The van der Waals surface area contributed by atoms with Crippen LogP contribution in [-0.2, 0) is 23.4 Å². The zero-order valence-corrected chi connectivity index (χ0v) is 14.4. The van der Waals surface area contributed by atoms with Crippen molar-refractivity contribution in [2.45, 2.75) is 38.1 Å². The van der Waals surface area contributed by atoms with E-state index >= 15 is 0 Å². The summed E-state index contributed by atoms with van der Waals surface area (Å²) in [5.41, 5.74) is -1.91. The molecule has 3 rings (SSSR count). The standard InChI is InChI=1S/C15H15F3N2O2S2/c1-9-8-24-13(19-9)14(22,15(16,17)18)6-12(21)20-4-2-11-10(7-20)3-5-23-11/h3,5,8,22H,2,4,6-7H2,1H3/t14-/m1/s1. The van der Waals surface area contributed by atoms with Crippen molar-refractivity contribution in [1.29, 1.82) is 0 Å². The van der Waals surface area contributed by atoms with Crippen LogP contribution in [0.15, 0.2) is 16.8 Å². The first-order chi connectivity index (χ1) is 11.2. The number of thiophene rings is 1. The molecule has 0 aromatic carbocycles. The molecule has 0 spiro atoms. The third-order valence-corrected chi connectivity index (χ3v) is 6.14. The predicted molar refractivity (Wildman–Crippen MR) is 84.9 cm³/mol. The number of halogens is 3. The quantitative estimate of drug-likeness (QED) is 0.895. The fourth-order valence-electron chi connectivity index (χ4n) is 2.63. The summed E-state index contributed by atoms with van der Waals surface area (Å²) in [7, 11) is 0. The molecule has 1 amide bonds. The molecule has 2 aromatic heterocycles. The summed E-state index contributed by atoms with van der Waals surface area (Å²) in [6.45, 7) is 2.18. The van der Waals surface area contributed by atoms with Gasteiger partial charge in [-0.15, -0.1) is 22.7 Å². The Morgan fingerprint density at radius 2 is 2.17 bits per heavy atom. The average molecular weight is 376 g/mol. The smallest absolute Gasteiger partial charge is 0.374 e. The second-order valence-corrected chi connectivity index (χ2v) is 7.62. The molecular weight excluding hydrogens is 361 g/mol. The minimum Gasteiger partial charge on any atom is -0.374 e. The Balaban J connectivity index is 1.82. The summed E-state index contributed by atoms with van der Waals surface area (Å²) in [4.78, 5) is 18.7. The molecule has 1 aliphatic rings. The topological polar surface area (TPSA) is 53.4 Å². The number of amides is 1. The molecule has 0 radical (unpaired) electrons. The molecule has 0 unspecified atom stereocenters. The van der Waals surface area contributed by atoms with Crippen LogP contribution in [0.1, 0.15) is 27.6 Å². The van der Waals surface area contributed by atoms with Crippen molar-refractivity contribution >= 4 is 28.6 Å². The maximum absolute atomic E-state index is 13.5. The Hall–Kier alpha value is -1.45. The molecule has 1 N–H and O–H groups in total. The third kappa shape index (κ3) is 3.07. The maximum atomic E-state index is 13.5. The van der Waals surface area contributed by atoms with Gasteiger partial charge in [-0.1, -0.05) is 0 Å². The van der Waals surface area contributed by atoms with Crippen LogP contribution in [0.5, 0.6) is 0 Å². The van der Waals surface area contributed by atoms with E-state index in [1.165, 1.54) is 10.3 Å². The summed E-state index contributed by atoms with van der Waals surface area (Å²) in [6.07, 6.45) is -5.40. The number of hydrogen-bond acceptors (Lipinski definition) is 5. The normalized spacial score (nSPS) is 17.5. The van der Waals surface area contributed by atoms with Gasteiger partial charge >= 0.3 is 6.18 Å². The van der Waals surface area contributed by atoms with Crippen molar-refractivity contribution in [2.24, 2.45) is 0 Å². The first-order valence-corrected chi connectivity index (χ1v) is 9.01. The average Bonchev–Trinajstić information content (AvgIpc) is 3.13. The number of carbonyl (C=O) groups excluding carboxylic acids is 1. The van der Waals surface area contributed by atoms with Crippen molar-refractivity contribution in [3.63, 3.8) is 0 Å². The molecule has 24 heavy (non-hydrogen) atoms. The highest BCUT2D eigenvalue weighted by Crippen LogP contribution is 2.43. The minimum absolute atomic E-state index is 0.280. The lowest BCUT2D eigenvalue weighted by atomic mass is 9.98. The first kappa shape index (κ1) is 17.4. The van der Waals surface area contributed by atoms with Gasteiger partial charge in [0.25, 0.3) is 0 Å². The Labute approximate surface area is 144 Å². The van der Waals surface area contributed by atoms with E-state index in [2.05, 4.69) is 4.98 Å². The summed E-state index contributed by atoms with van der Waals surface area (Å²) in [5, 5.41) is 13.1. The summed E-state index contributed by atoms with van der Waals surface area (Å²) >= 11 is 2.29. The monoisotopic (exact) mass is 376 g/mol. The van der Waals surface area contributed by atoms with Crippen LogP contribution >= 0.6 is 22.7 Å². The van der Waals surface area contributed by atoms with Crippen LogP contribution in [0.3, 0.4) is 0 Å². The van der Waals surface area contributed by atoms with Crippen LogP contribution in [0.2, 0.25) is 0 Å². The van der Waals surface area contributed by atoms with Gasteiger partial charge in [-0.25, -0.2) is 4.98 Å². The lowest BCUT2D eigenvalue weighted by Crippen LogP contribution is -2.47. The molecule has 9 heteroatoms. The van der Waals surface area contributed by atoms with Crippen molar-refractivity contribution in [2.75, 3.05) is 6.54 Å². The molecule has 4 nitrogen and oxygen atoms in total. The molecule has 130 valence electrons. The Morgan fingerprint density at radius 1 is 1.42 bits per heavy atom. The molecule has 0 bridgehead atoms. The number of aromatic nitrogens is 1. The number of alkyl halides is 3. The van der Waals surface area contributed by atoms with E-state index in [0.717, 1.165) is 10.4 Å². The van der Waals surface area contributed by atoms with E-state index in [-0.39, 0.29) is 6.54 Å². The van der Waals surface area contributed by atoms with E-state index in [9.17, 15) is 23.1 Å². The van der Waals surface area contributed by atoms with Crippen LogP contribution in [-0.4, -0.2) is 33.6 Å². The van der Waals surface area contributed by atoms with Gasteiger partial charge in [-0.05, 0) is 30.4 Å². The van der Waals surface area contributed by atoms with Crippen LogP contribution in [0, 0.1) is 6.92 Å². The zero-order valence-electron chi connectivity index (χ0n) is 12.8. The van der Waals surface area contributed by atoms with Gasteiger partial charge in [-0.2, -0.15) is 13.2 Å². The molecule has 0 aliphatic carbocycles. The molecule has 1 aliphatic heterocycles. The number of fused-ring (bicyclic) bond motifs is 1. The summed E-state index contributed by atoms with van der Waals surface area (Å²) in [5.74, 6) is -0.723. The fraction of sp³-hybridized carbons (Fsp3) is 0.467. The van der Waals surface area contributed by atoms with Gasteiger partial charge in [0.2, 0.25) is 11.5 Å². The number of thiazole rings is 1. The van der Waals surface area contributed by atoms with Crippen LogP contribution < -0.4 is 0 Å². The fourth-order valence-corrected chi connectivity index (χ4v) is 4.44. The number of carbonyl (C=O) groups is 1. The third-order valence-electron chi connectivity index (χ3n) is 4.01. The predicted octanol–water partition coefficient (Wildman–Crippen LogP) is 3.24. The number of aliphatic hydroxyl groups is 1. The largest absolute Gasteiger partial charge is 0.424 e. The molecular formula is C15H15F3N2O2S2. The van der Waals surface area contributed by atoms with Crippen molar-refractivity contribution in [1.82, 2.24) is 9.88 Å². The maximum Gasteiger partial charge on any atom is 0.424 e. The second-order valence-electron chi connectivity index (χ2n) is 5.76. The molecule has 1 atom stereocenters. The summed E-state index contributed by atoms with van der Waals surface area (Å²) in [6, 6.07) is 1.87. The van der Waals surface area contributed by atoms with Gasteiger partial charge < -0.3 is 10.0 Å². The number of aryl methyl sites for hydroxylation is 1. The Bertz CT molecular complexity index is 756. The first-order valence-electron chi connectivity index (χ1n) is 7.25. The van der Waals surface area contributed by atoms with E-state index in [4.69, 9.17) is 0 Å². The van der Waals surface area contributed by atoms with Gasteiger partial charge in [-0.3, -0.25) is 4.79 Å². The van der Waals surface area contributed by atoms with Crippen molar-refractivity contribution in [3.05, 3.63) is 38.0 Å². The Kier molecular flexibility index (Phi) is 4.43. The van der Waals surface area contributed by atoms with E-state index in [0.29, 0.717) is 30.0 Å². The lowest BCUT2D eigenvalue weighted by molar-refractivity contribution is -0.268. The number of nitrogens with zero attached hydrogens (tertiary/aromatic N) is 2. The SMILES string of the molecule is Cc1csc([C@](O)(CC(=O)N2CCc3sccc3C2)C(F)(F)F)n1.